The monoisotopic (exact) mass is 236 g/mol. The minimum atomic E-state index is -1.27. The van der Waals surface area contributed by atoms with Gasteiger partial charge >= 0.3 is 0 Å². The quantitative estimate of drug-likeness (QED) is 0.539. The third-order valence-corrected chi connectivity index (χ3v) is 2.26. The summed E-state index contributed by atoms with van der Waals surface area (Å²) in [5.74, 6) is -1.27. The van der Waals surface area contributed by atoms with E-state index in [2.05, 4.69) is 0 Å². The Kier molecular flexibility index (Phi) is 5.32. The lowest BCUT2D eigenvalue weighted by molar-refractivity contribution is -0.240. The van der Waals surface area contributed by atoms with Gasteiger partial charge in [0, 0.05) is 5.56 Å². The van der Waals surface area contributed by atoms with Gasteiger partial charge in [-0.1, -0.05) is 37.3 Å². The molecule has 0 fully saturated rings. The third kappa shape index (κ3) is 3.65. The first-order valence-electron chi connectivity index (χ1n) is 5.98. The van der Waals surface area contributed by atoms with E-state index in [1.165, 1.54) is 0 Å². The van der Waals surface area contributed by atoms with Crippen molar-refractivity contribution >= 4 is 6.29 Å². The highest BCUT2D eigenvalue weighted by Crippen LogP contribution is 2.27. The predicted octanol–water partition coefficient (Wildman–Crippen LogP) is 2.89. The van der Waals surface area contributed by atoms with Crippen LogP contribution in [0.2, 0.25) is 0 Å². The van der Waals surface area contributed by atoms with Crippen LogP contribution in [0.4, 0.5) is 0 Å². The minimum Gasteiger partial charge on any atom is -0.340 e. The molecule has 0 heterocycles. The topological polar surface area (TPSA) is 35.5 Å². The second kappa shape index (κ2) is 6.52. The van der Waals surface area contributed by atoms with Crippen molar-refractivity contribution in [2.24, 2.45) is 0 Å². The standard InChI is InChI=1S/C14H20O3/c1-4-10-16-14(11-15,17-12(2)3)13-8-6-5-7-9-13/h5-9,11-12H,4,10H2,1-3H3. The van der Waals surface area contributed by atoms with Crippen LogP contribution in [0.25, 0.3) is 0 Å². The summed E-state index contributed by atoms with van der Waals surface area (Å²) in [5, 5.41) is 0. The zero-order valence-electron chi connectivity index (χ0n) is 10.7. The molecular weight excluding hydrogens is 216 g/mol. The van der Waals surface area contributed by atoms with Crippen LogP contribution in [-0.2, 0) is 20.1 Å². The number of carbonyl (C=O) groups excluding carboxylic acids is 1. The molecule has 0 aliphatic carbocycles. The summed E-state index contributed by atoms with van der Waals surface area (Å²) in [7, 11) is 0. The average molecular weight is 236 g/mol. The molecule has 1 unspecified atom stereocenters. The maximum atomic E-state index is 11.4. The van der Waals surface area contributed by atoms with E-state index in [-0.39, 0.29) is 6.10 Å². The van der Waals surface area contributed by atoms with Gasteiger partial charge in [-0.3, -0.25) is 4.79 Å². The summed E-state index contributed by atoms with van der Waals surface area (Å²) >= 11 is 0. The molecule has 0 amide bonds. The first-order valence-corrected chi connectivity index (χ1v) is 5.98. The lowest BCUT2D eigenvalue weighted by Gasteiger charge is -2.30. The third-order valence-electron chi connectivity index (χ3n) is 2.26. The van der Waals surface area contributed by atoms with Crippen LogP contribution in [0.5, 0.6) is 0 Å². The Bertz CT molecular complexity index is 335. The largest absolute Gasteiger partial charge is 0.340 e. The fraction of sp³-hybridized carbons (Fsp3) is 0.500. The zero-order chi connectivity index (χ0) is 12.7. The van der Waals surface area contributed by atoms with Crippen LogP contribution in [0.1, 0.15) is 32.8 Å². The first-order chi connectivity index (χ1) is 8.14. The van der Waals surface area contributed by atoms with Gasteiger partial charge in [0.25, 0.3) is 5.79 Å². The maximum absolute atomic E-state index is 11.4. The van der Waals surface area contributed by atoms with Crippen molar-refractivity contribution < 1.29 is 14.3 Å². The van der Waals surface area contributed by atoms with Crippen LogP contribution in [0.3, 0.4) is 0 Å². The fourth-order valence-corrected chi connectivity index (χ4v) is 1.59. The number of ether oxygens (including phenoxy) is 2. The lowest BCUT2D eigenvalue weighted by atomic mass is 10.1. The molecule has 94 valence electrons. The Labute approximate surface area is 103 Å². The summed E-state index contributed by atoms with van der Waals surface area (Å²) < 4.78 is 11.3. The molecule has 0 bridgehead atoms. The Morgan fingerprint density at radius 3 is 2.41 bits per heavy atom. The molecule has 3 nitrogen and oxygen atoms in total. The Hall–Kier alpha value is -1.19. The van der Waals surface area contributed by atoms with Crippen molar-refractivity contribution in [1.29, 1.82) is 0 Å². The molecule has 0 radical (unpaired) electrons. The second-order valence-corrected chi connectivity index (χ2v) is 4.17. The van der Waals surface area contributed by atoms with E-state index in [1.807, 2.05) is 51.1 Å². The molecule has 0 spiro atoms. The molecular formula is C14H20O3. The average Bonchev–Trinajstić information content (AvgIpc) is 2.35. The molecule has 0 N–H and O–H groups in total. The smallest absolute Gasteiger partial charge is 0.253 e. The van der Waals surface area contributed by atoms with Crippen molar-refractivity contribution in [3.63, 3.8) is 0 Å². The highest BCUT2D eigenvalue weighted by Gasteiger charge is 2.35. The summed E-state index contributed by atoms with van der Waals surface area (Å²) in [6.45, 7) is 6.25. The Morgan fingerprint density at radius 1 is 1.29 bits per heavy atom. The summed E-state index contributed by atoms with van der Waals surface area (Å²) in [6, 6.07) is 9.31. The van der Waals surface area contributed by atoms with Crippen LogP contribution in [-0.4, -0.2) is 19.0 Å². The Morgan fingerprint density at radius 2 is 1.94 bits per heavy atom. The van der Waals surface area contributed by atoms with Crippen LogP contribution >= 0.6 is 0 Å². The number of hydrogen-bond donors (Lipinski definition) is 0. The second-order valence-electron chi connectivity index (χ2n) is 4.17. The van der Waals surface area contributed by atoms with Crippen LogP contribution < -0.4 is 0 Å². The molecule has 0 saturated heterocycles. The molecule has 0 aliphatic rings. The van der Waals surface area contributed by atoms with Crippen molar-refractivity contribution in [3.05, 3.63) is 35.9 Å². The molecule has 0 aromatic heterocycles. The first kappa shape index (κ1) is 13.9. The van der Waals surface area contributed by atoms with Gasteiger partial charge in [-0.2, -0.15) is 0 Å². The van der Waals surface area contributed by atoms with Crippen molar-refractivity contribution in [2.45, 2.75) is 39.1 Å². The normalized spacial score (nSPS) is 14.6. The van der Waals surface area contributed by atoms with Gasteiger partial charge in [0.2, 0.25) is 0 Å². The van der Waals surface area contributed by atoms with Gasteiger partial charge in [0.05, 0.1) is 12.7 Å². The zero-order valence-corrected chi connectivity index (χ0v) is 10.7. The molecule has 1 rings (SSSR count). The number of benzene rings is 1. The van der Waals surface area contributed by atoms with Gasteiger partial charge in [-0.05, 0) is 20.3 Å². The Balaban J connectivity index is 3.02. The summed E-state index contributed by atoms with van der Waals surface area (Å²) in [5.41, 5.74) is 0.733. The number of rotatable bonds is 7. The number of carbonyl (C=O) groups is 1. The lowest BCUT2D eigenvalue weighted by Crippen LogP contribution is -2.37. The SMILES string of the molecule is CCCOC(C=O)(OC(C)C)c1ccccc1. The highest BCUT2D eigenvalue weighted by atomic mass is 16.7. The molecule has 0 aliphatic heterocycles. The molecule has 3 heteroatoms. The van der Waals surface area contributed by atoms with Crippen molar-refractivity contribution in [3.8, 4) is 0 Å². The van der Waals surface area contributed by atoms with Gasteiger partial charge in [0.15, 0.2) is 6.29 Å². The molecule has 1 aromatic carbocycles. The fourth-order valence-electron chi connectivity index (χ4n) is 1.59. The van der Waals surface area contributed by atoms with E-state index in [1.54, 1.807) is 0 Å². The van der Waals surface area contributed by atoms with E-state index in [9.17, 15) is 4.79 Å². The van der Waals surface area contributed by atoms with E-state index in [0.29, 0.717) is 6.61 Å². The van der Waals surface area contributed by atoms with Crippen molar-refractivity contribution in [2.75, 3.05) is 6.61 Å². The molecule has 17 heavy (non-hydrogen) atoms. The van der Waals surface area contributed by atoms with E-state index in [0.717, 1.165) is 18.3 Å². The van der Waals surface area contributed by atoms with E-state index < -0.39 is 5.79 Å². The maximum Gasteiger partial charge on any atom is 0.253 e. The van der Waals surface area contributed by atoms with Gasteiger partial charge in [0.1, 0.15) is 0 Å². The molecule has 1 aromatic rings. The summed E-state index contributed by atoms with van der Waals surface area (Å²) in [6.07, 6.45) is 1.49. The molecule has 1 atom stereocenters. The van der Waals surface area contributed by atoms with E-state index in [4.69, 9.17) is 9.47 Å². The minimum absolute atomic E-state index is 0.0859. The summed E-state index contributed by atoms with van der Waals surface area (Å²) in [4.78, 5) is 11.4. The number of hydrogen-bond acceptors (Lipinski definition) is 3. The van der Waals surface area contributed by atoms with Crippen molar-refractivity contribution in [1.82, 2.24) is 0 Å². The number of aldehydes is 1. The molecule has 0 saturated carbocycles. The van der Waals surface area contributed by atoms with Crippen LogP contribution in [0.15, 0.2) is 30.3 Å². The van der Waals surface area contributed by atoms with Gasteiger partial charge in [-0.25, -0.2) is 0 Å². The predicted molar refractivity (Wildman–Crippen MR) is 66.6 cm³/mol. The van der Waals surface area contributed by atoms with E-state index >= 15 is 0 Å². The highest BCUT2D eigenvalue weighted by molar-refractivity contribution is 5.64. The van der Waals surface area contributed by atoms with Crippen LogP contribution in [0, 0.1) is 0 Å². The van der Waals surface area contributed by atoms with Gasteiger partial charge in [-0.15, -0.1) is 0 Å². The van der Waals surface area contributed by atoms with Gasteiger partial charge < -0.3 is 9.47 Å².